The van der Waals surface area contributed by atoms with Crippen molar-refractivity contribution in [2.24, 2.45) is 0 Å². The number of nitrogens with zero attached hydrogens (tertiary/aromatic N) is 1. The maximum atomic E-state index is 12.3. The van der Waals surface area contributed by atoms with E-state index in [0.29, 0.717) is 0 Å². The lowest BCUT2D eigenvalue weighted by molar-refractivity contribution is -0.144. The average Bonchev–Trinajstić information content (AvgIpc) is 3.08. The van der Waals surface area contributed by atoms with Gasteiger partial charge in [0.25, 0.3) is 17.7 Å². The Kier molecular flexibility index (Phi) is 3.41. The standard InChI is InChI=1S/C15H14N2O6/c1-17-12(19)9-3-2-8(6-10(9)13(17)20)11(18)16-15(14(21)22)4-5-23-7-15/h2-3,6H,4-5,7H2,1H3,(H,16,18)(H,21,22). The third kappa shape index (κ3) is 2.27. The highest BCUT2D eigenvalue weighted by atomic mass is 16.5. The van der Waals surface area contributed by atoms with Crippen LogP contribution in [0.4, 0.5) is 0 Å². The molecule has 0 radical (unpaired) electrons. The Morgan fingerprint density at radius 1 is 1.26 bits per heavy atom. The van der Waals surface area contributed by atoms with Crippen molar-refractivity contribution >= 4 is 23.7 Å². The number of fused-ring (bicyclic) bond motifs is 1. The zero-order valence-electron chi connectivity index (χ0n) is 12.3. The molecule has 0 bridgehead atoms. The molecule has 2 heterocycles. The van der Waals surface area contributed by atoms with Crippen LogP contribution in [0.1, 0.15) is 37.5 Å². The third-order valence-electron chi connectivity index (χ3n) is 4.14. The van der Waals surface area contributed by atoms with Crippen molar-refractivity contribution in [2.45, 2.75) is 12.0 Å². The number of hydrogen-bond donors (Lipinski definition) is 2. The van der Waals surface area contributed by atoms with Gasteiger partial charge in [-0.2, -0.15) is 0 Å². The number of aliphatic carboxylic acids is 1. The van der Waals surface area contributed by atoms with Gasteiger partial charge in [0, 0.05) is 25.6 Å². The lowest BCUT2D eigenvalue weighted by atomic mass is 9.97. The highest BCUT2D eigenvalue weighted by Crippen LogP contribution is 2.24. The van der Waals surface area contributed by atoms with Crippen molar-refractivity contribution in [3.8, 4) is 0 Å². The number of benzene rings is 1. The number of carboxylic acid groups (broad SMARTS) is 1. The molecule has 3 rings (SSSR count). The summed E-state index contributed by atoms with van der Waals surface area (Å²) >= 11 is 0. The van der Waals surface area contributed by atoms with Gasteiger partial charge in [-0.15, -0.1) is 0 Å². The van der Waals surface area contributed by atoms with E-state index in [-0.39, 0.29) is 36.3 Å². The van der Waals surface area contributed by atoms with Crippen LogP contribution in [0.5, 0.6) is 0 Å². The predicted octanol–water partition coefficient (Wildman–Crippen LogP) is -0.114. The Hall–Kier alpha value is -2.74. The first-order valence-electron chi connectivity index (χ1n) is 6.96. The SMILES string of the molecule is CN1C(=O)c2ccc(C(=O)NC3(C(=O)O)CCOC3)cc2C1=O. The van der Waals surface area contributed by atoms with Crippen molar-refractivity contribution in [2.75, 3.05) is 20.3 Å². The molecule has 2 aliphatic heterocycles. The molecule has 2 N–H and O–H groups in total. The molecule has 0 aliphatic carbocycles. The monoisotopic (exact) mass is 318 g/mol. The van der Waals surface area contributed by atoms with Gasteiger partial charge in [0.15, 0.2) is 5.54 Å². The summed E-state index contributed by atoms with van der Waals surface area (Å²) in [5.74, 6) is -2.72. The minimum atomic E-state index is -1.47. The van der Waals surface area contributed by atoms with E-state index >= 15 is 0 Å². The van der Waals surface area contributed by atoms with E-state index in [4.69, 9.17) is 4.74 Å². The molecule has 1 atom stereocenters. The fraction of sp³-hybridized carbons (Fsp3) is 0.333. The first-order chi connectivity index (χ1) is 10.9. The zero-order chi connectivity index (χ0) is 16.8. The summed E-state index contributed by atoms with van der Waals surface area (Å²) in [6.07, 6.45) is 0.166. The van der Waals surface area contributed by atoms with E-state index in [9.17, 15) is 24.3 Å². The molecule has 1 unspecified atom stereocenters. The second-order valence-electron chi connectivity index (χ2n) is 5.57. The Balaban J connectivity index is 1.89. The zero-order valence-corrected chi connectivity index (χ0v) is 12.3. The molecule has 0 spiro atoms. The minimum Gasteiger partial charge on any atom is -0.479 e. The molecule has 1 aromatic carbocycles. The van der Waals surface area contributed by atoms with Crippen LogP contribution in [0, 0.1) is 0 Å². The number of rotatable bonds is 3. The molecule has 23 heavy (non-hydrogen) atoms. The van der Waals surface area contributed by atoms with Gasteiger partial charge in [0.1, 0.15) is 0 Å². The number of carbonyl (C=O) groups is 4. The number of amides is 3. The van der Waals surface area contributed by atoms with Gasteiger partial charge in [0.2, 0.25) is 0 Å². The van der Waals surface area contributed by atoms with Crippen LogP contribution in [0.15, 0.2) is 18.2 Å². The van der Waals surface area contributed by atoms with Crippen LogP contribution >= 0.6 is 0 Å². The van der Waals surface area contributed by atoms with Gasteiger partial charge in [-0.1, -0.05) is 0 Å². The van der Waals surface area contributed by atoms with Gasteiger partial charge < -0.3 is 15.2 Å². The Morgan fingerprint density at radius 2 is 1.96 bits per heavy atom. The second-order valence-corrected chi connectivity index (χ2v) is 5.57. The normalized spacial score (nSPS) is 23.1. The maximum absolute atomic E-state index is 12.3. The van der Waals surface area contributed by atoms with Crippen molar-refractivity contribution in [3.63, 3.8) is 0 Å². The lowest BCUT2D eigenvalue weighted by Crippen LogP contribution is -2.55. The summed E-state index contributed by atoms with van der Waals surface area (Å²) < 4.78 is 5.08. The van der Waals surface area contributed by atoms with Crippen molar-refractivity contribution < 1.29 is 29.0 Å². The first-order valence-corrected chi connectivity index (χ1v) is 6.96. The number of nitrogens with one attached hydrogen (secondary N) is 1. The minimum absolute atomic E-state index is 0.112. The van der Waals surface area contributed by atoms with E-state index in [0.717, 1.165) is 4.90 Å². The second kappa shape index (κ2) is 5.17. The molecule has 1 saturated heterocycles. The number of carboxylic acids is 1. The molecule has 8 heteroatoms. The first kappa shape index (κ1) is 15.2. The van der Waals surface area contributed by atoms with Crippen molar-refractivity contribution in [1.29, 1.82) is 0 Å². The summed E-state index contributed by atoms with van der Waals surface area (Å²) in [7, 11) is 1.36. The number of imide groups is 1. The fourth-order valence-corrected chi connectivity index (χ4v) is 2.68. The summed E-state index contributed by atoms with van der Waals surface area (Å²) in [6, 6.07) is 4.09. The van der Waals surface area contributed by atoms with Crippen LogP contribution in [-0.4, -0.2) is 59.5 Å². The molecule has 0 aromatic heterocycles. The van der Waals surface area contributed by atoms with Gasteiger partial charge in [-0.3, -0.25) is 19.3 Å². The van der Waals surface area contributed by atoms with Crippen molar-refractivity contribution in [3.05, 3.63) is 34.9 Å². The van der Waals surface area contributed by atoms with E-state index in [1.54, 1.807) is 0 Å². The highest BCUT2D eigenvalue weighted by molar-refractivity contribution is 6.21. The molecular weight excluding hydrogens is 304 g/mol. The van der Waals surface area contributed by atoms with Gasteiger partial charge in [-0.25, -0.2) is 4.79 Å². The Morgan fingerprint density at radius 3 is 2.57 bits per heavy atom. The predicted molar refractivity (Wildman–Crippen MR) is 76.1 cm³/mol. The highest BCUT2D eigenvalue weighted by Gasteiger charge is 2.44. The Labute approximate surface area is 131 Å². The smallest absolute Gasteiger partial charge is 0.331 e. The largest absolute Gasteiger partial charge is 0.479 e. The maximum Gasteiger partial charge on any atom is 0.331 e. The molecule has 0 saturated carbocycles. The number of ether oxygens (including phenoxy) is 1. The molecule has 120 valence electrons. The summed E-state index contributed by atoms with van der Waals surface area (Å²) in [4.78, 5) is 48.5. The van der Waals surface area contributed by atoms with E-state index in [1.165, 1.54) is 25.2 Å². The quantitative estimate of drug-likeness (QED) is 0.752. The molecule has 3 amide bonds. The van der Waals surface area contributed by atoms with E-state index < -0.39 is 29.2 Å². The topological polar surface area (TPSA) is 113 Å². The van der Waals surface area contributed by atoms with Crippen LogP contribution < -0.4 is 5.32 Å². The molecule has 1 aromatic rings. The molecule has 2 aliphatic rings. The van der Waals surface area contributed by atoms with Crippen LogP contribution in [-0.2, 0) is 9.53 Å². The van der Waals surface area contributed by atoms with Gasteiger partial charge >= 0.3 is 5.97 Å². The Bertz CT molecular complexity index is 735. The van der Waals surface area contributed by atoms with Crippen LogP contribution in [0.25, 0.3) is 0 Å². The molecule has 1 fully saturated rings. The van der Waals surface area contributed by atoms with E-state index in [1.807, 2.05) is 0 Å². The van der Waals surface area contributed by atoms with Gasteiger partial charge in [-0.05, 0) is 18.2 Å². The summed E-state index contributed by atoms with van der Waals surface area (Å²) in [5, 5.41) is 11.8. The van der Waals surface area contributed by atoms with Crippen LogP contribution in [0.3, 0.4) is 0 Å². The molecule has 8 nitrogen and oxygen atoms in total. The fourth-order valence-electron chi connectivity index (χ4n) is 2.68. The van der Waals surface area contributed by atoms with Gasteiger partial charge in [0.05, 0.1) is 17.7 Å². The number of carbonyl (C=O) groups excluding carboxylic acids is 3. The number of hydrogen-bond acceptors (Lipinski definition) is 5. The molecular formula is C15H14N2O6. The summed E-state index contributed by atoms with van der Waals surface area (Å²) in [6.45, 7) is 0.133. The average molecular weight is 318 g/mol. The summed E-state index contributed by atoms with van der Waals surface area (Å²) in [5.41, 5.74) is -0.983. The van der Waals surface area contributed by atoms with E-state index in [2.05, 4.69) is 5.32 Å². The lowest BCUT2D eigenvalue weighted by Gasteiger charge is -2.23. The van der Waals surface area contributed by atoms with Crippen LogP contribution in [0.2, 0.25) is 0 Å². The van der Waals surface area contributed by atoms with Crippen molar-refractivity contribution in [1.82, 2.24) is 10.2 Å². The third-order valence-corrected chi connectivity index (χ3v) is 4.14.